The molecule has 2 N–H and O–H groups in total. The molecule has 3 amide bonds. The predicted octanol–water partition coefficient (Wildman–Crippen LogP) is 0.892. The Bertz CT molecular complexity index is 400. The fraction of sp³-hybridized carbons (Fsp3) is 0.786. The number of amides is 3. The van der Waals surface area contributed by atoms with Crippen LogP contribution in [0.5, 0.6) is 0 Å². The van der Waals surface area contributed by atoms with Gasteiger partial charge >= 0.3 is 12.0 Å². The Balaban J connectivity index is 2.93. The summed E-state index contributed by atoms with van der Waals surface area (Å²) < 4.78 is 0. The van der Waals surface area contributed by atoms with Crippen LogP contribution in [0.3, 0.4) is 0 Å². The second-order valence-corrected chi connectivity index (χ2v) is 5.38. The van der Waals surface area contributed by atoms with Crippen LogP contribution in [0, 0.1) is 0 Å². The third-order valence-corrected chi connectivity index (χ3v) is 3.97. The van der Waals surface area contributed by atoms with E-state index in [0.29, 0.717) is 19.4 Å². The summed E-state index contributed by atoms with van der Waals surface area (Å²) in [5.74, 6) is -1.24. The van der Waals surface area contributed by atoms with Crippen LogP contribution in [0.1, 0.15) is 39.5 Å². The SMILES string of the molecule is CCC(C)N(CC(=O)O)C(=O)N1CCCCC1C(=O)NC. The first-order chi connectivity index (χ1) is 9.92. The smallest absolute Gasteiger partial charge is 0.323 e. The second-order valence-electron chi connectivity index (χ2n) is 5.38. The summed E-state index contributed by atoms with van der Waals surface area (Å²) in [4.78, 5) is 38.4. The van der Waals surface area contributed by atoms with Gasteiger partial charge in [-0.15, -0.1) is 0 Å². The fourth-order valence-electron chi connectivity index (χ4n) is 2.54. The van der Waals surface area contributed by atoms with Gasteiger partial charge in [0.2, 0.25) is 5.91 Å². The number of likely N-dealkylation sites (N-methyl/N-ethyl adjacent to an activating group) is 1. The molecule has 0 aromatic heterocycles. The minimum absolute atomic E-state index is 0.180. The number of carboxylic acid groups (broad SMARTS) is 1. The van der Waals surface area contributed by atoms with Crippen molar-refractivity contribution in [1.29, 1.82) is 0 Å². The van der Waals surface area contributed by atoms with E-state index in [9.17, 15) is 14.4 Å². The van der Waals surface area contributed by atoms with Crippen LogP contribution in [-0.2, 0) is 9.59 Å². The lowest BCUT2D eigenvalue weighted by molar-refractivity contribution is -0.138. The zero-order valence-electron chi connectivity index (χ0n) is 13.0. The van der Waals surface area contributed by atoms with E-state index in [0.717, 1.165) is 12.8 Å². The molecule has 1 aliphatic rings. The molecule has 120 valence electrons. The van der Waals surface area contributed by atoms with Crippen molar-refractivity contribution in [3.05, 3.63) is 0 Å². The third kappa shape index (κ3) is 4.34. The van der Waals surface area contributed by atoms with Crippen molar-refractivity contribution in [2.45, 2.75) is 51.6 Å². The van der Waals surface area contributed by atoms with E-state index in [1.807, 2.05) is 13.8 Å². The molecule has 0 bridgehead atoms. The van der Waals surface area contributed by atoms with Crippen molar-refractivity contribution in [3.63, 3.8) is 0 Å². The van der Waals surface area contributed by atoms with Crippen LogP contribution >= 0.6 is 0 Å². The number of hydrogen-bond acceptors (Lipinski definition) is 3. The Kier molecular flexibility index (Phi) is 6.45. The first-order valence-electron chi connectivity index (χ1n) is 7.43. The molecule has 1 rings (SSSR count). The largest absolute Gasteiger partial charge is 0.480 e. The number of likely N-dealkylation sites (tertiary alicyclic amines) is 1. The van der Waals surface area contributed by atoms with Gasteiger partial charge in [0, 0.05) is 19.6 Å². The number of carbonyl (C=O) groups is 3. The molecule has 7 heteroatoms. The van der Waals surface area contributed by atoms with Gasteiger partial charge in [-0.1, -0.05) is 6.92 Å². The Morgan fingerprint density at radius 2 is 2.05 bits per heavy atom. The lowest BCUT2D eigenvalue weighted by atomic mass is 10.0. The molecule has 0 aromatic carbocycles. The topological polar surface area (TPSA) is 90.0 Å². The number of hydrogen-bond donors (Lipinski definition) is 2. The van der Waals surface area contributed by atoms with E-state index in [1.165, 1.54) is 9.80 Å². The summed E-state index contributed by atoms with van der Waals surface area (Å²) in [6.07, 6.45) is 3.01. The quantitative estimate of drug-likeness (QED) is 0.789. The Morgan fingerprint density at radius 1 is 1.38 bits per heavy atom. The van der Waals surface area contributed by atoms with E-state index in [1.54, 1.807) is 7.05 Å². The van der Waals surface area contributed by atoms with E-state index in [2.05, 4.69) is 5.32 Å². The van der Waals surface area contributed by atoms with Crippen molar-refractivity contribution in [3.8, 4) is 0 Å². The summed E-state index contributed by atoms with van der Waals surface area (Å²) in [7, 11) is 1.54. The van der Waals surface area contributed by atoms with Crippen molar-refractivity contribution < 1.29 is 19.5 Å². The predicted molar refractivity (Wildman–Crippen MR) is 77.9 cm³/mol. The number of aliphatic carboxylic acids is 1. The van der Waals surface area contributed by atoms with E-state index >= 15 is 0 Å². The molecule has 0 aromatic rings. The van der Waals surface area contributed by atoms with Gasteiger partial charge in [0.25, 0.3) is 0 Å². The second kappa shape index (κ2) is 7.85. The lowest BCUT2D eigenvalue weighted by Crippen LogP contribution is -2.57. The maximum atomic E-state index is 12.7. The summed E-state index contributed by atoms with van der Waals surface area (Å²) in [5, 5.41) is 11.6. The average Bonchev–Trinajstić information content (AvgIpc) is 2.50. The minimum Gasteiger partial charge on any atom is -0.480 e. The maximum Gasteiger partial charge on any atom is 0.323 e. The average molecular weight is 299 g/mol. The van der Waals surface area contributed by atoms with Crippen LogP contribution in [0.25, 0.3) is 0 Å². The molecule has 1 heterocycles. The van der Waals surface area contributed by atoms with Gasteiger partial charge < -0.3 is 20.2 Å². The minimum atomic E-state index is -1.04. The van der Waals surface area contributed by atoms with Gasteiger partial charge in [0.1, 0.15) is 12.6 Å². The number of urea groups is 1. The zero-order chi connectivity index (χ0) is 16.0. The number of nitrogens with zero attached hydrogens (tertiary/aromatic N) is 2. The van der Waals surface area contributed by atoms with Gasteiger partial charge in [-0.3, -0.25) is 9.59 Å². The summed E-state index contributed by atoms with van der Waals surface area (Å²) in [6.45, 7) is 3.87. The van der Waals surface area contributed by atoms with Crippen molar-refractivity contribution in [1.82, 2.24) is 15.1 Å². The molecule has 1 aliphatic heterocycles. The summed E-state index contributed by atoms with van der Waals surface area (Å²) >= 11 is 0. The zero-order valence-corrected chi connectivity index (χ0v) is 13.0. The molecule has 0 radical (unpaired) electrons. The first kappa shape index (κ1) is 17.3. The van der Waals surface area contributed by atoms with Crippen LogP contribution in [0.2, 0.25) is 0 Å². The van der Waals surface area contributed by atoms with Crippen molar-refractivity contribution in [2.75, 3.05) is 20.1 Å². The van der Waals surface area contributed by atoms with Crippen LogP contribution in [0.15, 0.2) is 0 Å². The maximum absolute atomic E-state index is 12.7. The molecule has 0 aliphatic carbocycles. The standard InChI is InChI=1S/C14H25N3O4/c1-4-10(2)17(9-12(18)19)14(21)16-8-6-5-7-11(16)13(20)15-3/h10-11H,4-9H2,1-3H3,(H,15,20)(H,18,19). The van der Waals surface area contributed by atoms with Gasteiger partial charge in [0.05, 0.1) is 0 Å². The Morgan fingerprint density at radius 3 is 2.57 bits per heavy atom. The third-order valence-electron chi connectivity index (χ3n) is 3.97. The normalized spacial score (nSPS) is 19.8. The molecule has 21 heavy (non-hydrogen) atoms. The van der Waals surface area contributed by atoms with E-state index in [-0.39, 0.29) is 24.5 Å². The van der Waals surface area contributed by atoms with Crippen molar-refractivity contribution >= 4 is 17.9 Å². The molecule has 0 saturated carbocycles. The highest BCUT2D eigenvalue weighted by molar-refractivity contribution is 5.88. The molecule has 7 nitrogen and oxygen atoms in total. The summed E-state index contributed by atoms with van der Waals surface area (Å²) in [6, 6.07) is -1.04. The number of nitrogens with one attached hydrogen (secondary N) is 1. The van der Waals surface area contributed by atoms with Gasteiger partial charge in [0.15, 0.2) is 0 Å². The van der Waals surface area contributed by atoms with Gasteiger partial charge in [-0.05, 0) is 32.6 Å². The molecular weight excluding hydrogens is 274 g/mol. The summed E-state index contributed by atoms with van der Waals surface area (Å²) in [5.41, 5.74) is 0. The van der Waals surface area contributed by atoms with Crippen LogP contribution in [-0.4, -0.2) is 65.0 Å². The monoisotopic (exact) mass is 299 g/mol. The van der Waals surface area contributed by atoms with Crippen molar-refractivity contribution in [2.24, 2.45) is 0 Å². The van der Waals surface area contributed by atoms with Gasteiger partial charge in [-0.2, -0.15) is 0 Å². The Hall–Kier alpha value is -1.79. The molecule has 2 unspecified atom stereocenters. The van der Waals surface area contributed by atoms with Crippen LogP contribution < -0.4 is 5.32 Å². The molecular formula is C14H25N3O4. The fourth-order valence-corrected chi connectivity index (χ4v) is 2.54. The number of piperidine rings is 1. The van der Waals surface area contributed by atoms with Gasteiger partial charge in [-0.25, -0.2) is 4.79 Å². The Labute approximate surface area is 125 Å². The highest BCUT2D eigenvalue weighted by Crippen LogP contribution is 2.20. The van der Waals surface area contributed by atoms with Crippen LogP contribution in [0.4, 0.5) is 4.79 Å². The molecule has 0 spiro atoms. The lowest BCUT2D eigenvalue weighted by Gasteiger charge is -2.39. The first-order valence-corrected chi connectivity index (χ1v) is 7.43. The molecule has 1 fully saturated rings. The number of carbonyl (C=O) groups excluding carboxylic acids is 2. The molecule has 2 atom stereocenters. The number of carboxylic acids is 1. The molecule has 1 saturated heterocycles. The highest BCUT2D eigenvalue weighted by atomic mass is 16.4. The van der Waals surface area contributed by atoms with E-state index < -0.39 is 12.0 Å². The number of rotatable bonds is 5. The highest BCUT2D eigenvalue weighted by Gasteiger charge is 2.35. The van der Waals surface area contributed by atoms with E-state index in [4.69, 9.17) is 5.11 Å².